The van der Waals surface area contributed by atoms with Gasteiger partial charge in [-0.15, -0.1) is 0 Å². The molecule has 2 atom stereocenters. The maximum Gasteiger partial charge on any atom is 0.252 e. The first-order valence-corrected chi connectivity index (χ1v) is 6.18. The summed E-state index contributed by atoms with van der Waals surface area (Å²) in [7, 11) is 0. The molecule has 2 heterocycles. The van der Waals surface area contributed by atoms with Gasteiger partial charge in [-0.1, -0.05) is 0 Å². The van der Waals surface area contributed by atoms with E-state index in [4.69, 9.17) is 5.73 Å². The van der Waals surface area contributed by atoms with Crippen LogP contribution in [-0.4, -0.2) is 28.6 Å². The Bertz CT molecular complexity index is 442. The van der Waals surface area contributed by atoms with Crippen LogP contribution in [0.2, 0.25) is 0 Å². The molecule has 17 heavy (non-hydrogen) atoms. The lowest BCUT2D eigenvalue weighted by Crippen LogP contribution is -2.49. The fourth-order valence-electron chi connectivity index (χ4n) is 2.63. The number of hydrogen-bond donors (Lipinski definition) is 2. The third-order valence-electron chi connectivity index (χ3n) is 3.41. The van der Waals surface area contributed by atoms with E-state index in [0.29, 0.717) is 24.5 Å². The van der Waals surface area contributed by atoms with Crippen molar-refractivity contribution in [3.8, 4) is 0 Å². The molecule has 0 amide bonds. The van der Waals surface area contributed by atoms with Crippen LogP contribution in [0.3, 0.4) is 0 Å². The summed E-state index contributed by atoms with van der Waals surface area (Å²) in [5.74, 6) is 1.41. The van der Waals surface area contributed by atoms with Crippen molar-refractivity contribution in [1.82, 2.24) is 9.97 Å². The Morgan fingerprint density at radius 3 is 3.00 bits per heavy atom. The summed E-state index contributed by atoms with van der Waals surface area (Å²) in [6, 6.07) is 2.26. The van der Waals surface area contributed by atoms with Crippen molar-refractivity contribution >= 4 is 5.82 Å². The van der Waals surface area contributed by atoms with Crippen LogP contribution in [0.5, 0.6) is 0 Å². The van der Waals surface area contributed by atoms with Gasteiger partial charge in [0, 0.05) is 24.7 Å². The van der Waals surface area contributed by atoms with E-state index in [2.05, 4.69) is 21.8 Å². The summed E-state index contributed by atoms with van der Waals surface area (Å²) in [4.78, 5) is 20.8. The van der Waals surface area contributed by atoms with Crippen LogP contribution in [0, 0.1) is 6.92 Å². The highest BCUT2D eigenvalue weighted by Crippen LogP contribution is 2.26. The van der Waals surface area contributed by atoms with Gasteiger partial charge in [0.15, 0.2) is 0 Å². The lowest BCUT2D eigenvalue weighted by Gasteiger charge is -2.41. The molecule has 0 aliphatic carbocycles. The normalized spacial score (nSPS) is 25.0. The van der Waals surface area contributed by atoms with E-state index in [9.17, 15) is 4.79 Å². The molecule has 3 N–H and O–H groups in total. The van der Waals surface area contributed by atoms with E-state index in [1.165, 1.54) is 6.42 Å². The molecule has 2 rings (SSSR count). The number of aromatic amines is 1. The molecule has 1 aromatic heterocycles. The van der Waals surface area contributed by atoms with Crippen LogP contribution in [0.1, 0.15) is 32.0 Å². The predicted molar refractivity (Wildman–Crippen MR) is 68.2 cm³/mol. The van der Waals surface area contributed by atoms with E-state index < -0.39 is 0 Å². The van der Waals surface area contributed by atoms with E-state index in [1.807, 2.05) is 0 Å². The number of hydrogen-bond acceptors (Lipinski definition) is 4. The van der Waals surface area contributed by atoms with Gasteiger partial charge >= 0.3 is 0 Å². The molecule has 5 nitrogen and oxygen atoms in total. The molecule has 5 heteroatoms. The van der Waals surface area contributed by atoms with Crippen molar-refractivity contribution in [1.29, 1.82) is 0 Å². The number of piperidine rings is 1. The van der Waals surface area contributed by atoms with Crippen LogP contribution in [0.25, 0.3) is 0 Å². The number of aromatic nitrogens is 2. The van der Waals surface area contributed by atoms with Gasteiger partial charge in [-0.25, -0.2) is 4.98 Å². The Hall–Kier alpha value is -1.36. The fraction of sp³-hybridized carbons (Fsp3) is 0.667. The Labute approximate surface area is 101 Å². The van der Waals surface area contributed by atoms with Gasteiger partial charge in [0.2, 0.25) is 0 Å². The minimum atomic E-state index is -0.0963. The first kappa shape index (κ1) is 12.1. The van der Waals surface area contributed by atoms with Gasteiger partial charge in [-0.2, -0.15) is 0 Å². The van der Waals surface area contributed by atoms with E-state index in [1.54, 1.807) is 13.0 Å². The predicted octanol–water partition coefficient (Wildman–Crippen LogP) is 0.784. The van der Waals surface area contributed by atoms with Crippen molar-refractivity contribution in [2.24, 2.45) is 5.73 Å². The monoisotopic (exact) mass is 236 g/mol. The Morgan fingerprint density at radius 2 is 2.35 bits per heavy atom. The van der Waals surface area contributed by atoms with Crippen LogP contribution in [0.4, 0.5) is 5.82 Å². The zero-order valence-corrected chi connectivity index (χ0v) is 10.4. The summed E-state index contributed by atoms with van der Waals surface area (Å²) < 4.78 is 0. The molecule has 1 aliphatic rings. The Morgan fingerprint density at radius 1 is 1.59 bits per heavy atom. The Kier molecular flexibility index (Phi) is 3.47. The second-order valence-corrected chi connectivity index (χ2v) is 4.77. The van der Waals surface area contributed by atoms with E-state index >= 15 is 0 Å². The molecule has 1 saturated heterocycles. The first-order valence-electron chi connectivity index (χ1n) is 6.18. The number of H-pyrrole nitrogens is 1. The van der Waals surface area contributed by atoms with Crippen molar-refractivity contribution in [2.75, 3.05) is 11.4 Å². The lowest BCUT2D eigenvalue weighted by atomic mass is 9.96. The third-order valence-corrected chi connectivity index (χ3v) is 3.41. The smallest absolute Gasteiger partial charge is 0.252 e. The molecule has 0 aromatic carbocycles. The molecular weight excluding hydrogens is 216 g/mol. The zero-order chi connectivity index (χ0) is 12.4. The average molecular weight is 236 g/mol. The van der Waals surface area contributed by atoms with Gasteiger partial charge in [-0.3, -0.25) is 4.79 Å². The topological polar surface area (TPSA) is 75.0 Å². The first-order chi connectivity index (χ1) is 8.11. The Balaban J connectivity index is 2.37. The van der Waals surface area contributed by atoms with E-state index in [-0.39, 0.29) is 5.56 Å². The lowest BCUT2D eigenvalue weighted by molar-refractivity contribution is 0.397. The van der Waals surface area contributed by atoms with Crippen LogP contribution in [0.15, 0.2) is 10.9 Å². The number of nitrogens with zero attached hydrogens (tertiary/aromatic N) is 2. The number of nitrogens with one attached hydrogen (secondary N) is 1. The van der Waals surface area contributed by atoms with Crippen LogP contribution in [-0.2, 0) is 0 Å². The number of rotatable bonds is 2. The number of aryl methyl sites for hydroxylation is 1. The average Bonchev–Trinajstić information content (AvgIpc) is 2.27. The van der Waals surface area contributed by atoms with Crippen molar-refractivity contribution in [2.45, 2.75) is 45.2 Å². The zero-order valence-electron chi connectivity index (χ0n) is 10.4. The second-order valence-electron chi connectivity index (χ2n) is 4.77. The minimum absolute atomic E-state index is 0.0963. The number of anilines is 1. The van der Waals surface area contributed by atoms with Crippen LogP contribution < -0.4 is 16.2 Å². The highest BCUT2D eigenvalue weighted by atomic mass is 16.1. The fourth-order valence-corrected chi connectivity index (χ4v) is 2.63. The molecule has 94 valence electrons. The molecule has 0 spiro atoms. The van der Waals surface area contributed by atoms with Gasteiger partial charge in [0.25, 0.3) is 5.56 Å². The van der Waals surface area contributed by atoms with Crippen LogP contribution >= 0.6 is 0 Å². The summed E-state index contributed by atoms with van der Waals surface area (Å²) in [5.41, 5.74) is 5.72. The highest BCUT2D eigenvalue weighted by molar-refractivity contribution is 5.41. The molecular formula is C12H20N4O. The van der Waals surface area contributed by atoms with E-state index in [0.717, 1.165) is 18.7 Å². The maximum absolute atomic E-state index is 11.5. The molecule has 2 unspecified atom stereocenters. The molecule has 0 bridgehead atoms. The molecule has 1 fully saturated rings. The summed E-state index contributed by atoms with van der Waals surface area (Å²) in [6.07, 6.45) is 3.40. The number of nitrogens with two attached hydrogens (primary N) is 1. The van der Waals surface area contributed by atoms with Gasteiger partial charge in [-0.05, 0) is 33.1 Å². The van der Waals surface area contributed by atoms with Crippen molar-refractivity contribution in [3.05, 3.63) is 22.2 Å². The van der Waals surface area contributed by atoms with Crippen molar-refractivity contribution < 1.29 is 0 Å². The molecule has 1 aliphatic heterocycles. The quantitative estimate of drug-likeness (QED) is 0.796. The van der Waals surface area contributed by atoms with Gasteiger partial charge in [0.1, 0.15) is 11.6 Å². The van der Waals surface area contributed by atoms with Gasteiger partial charge < -0.3 is 15.6 Å². The molecule has 0 radical (unpaired) electrons. The second kappa shape index (κ2) is 4.87. The summed E-state index contributed by atoms with van der Waals surface area (Å²) in [5, 5.41) is 0. The third kappa shape index (κ3) is 2.49. The largest absolute Gasteiger partial charge is 0.349 e. The SMILES string of the molecule is Cc1nc(N2C(C)CCCC2CN)cc(=O)[nH]1. The van der Waals surface area contributed by atoms with Gasteiger partial charge in [0.05, 0.1) is 0 Å². The maximum atomic E-state index is 11.5. The standard InChI is InChI=1S/C12H20N4O/c1-8-4-3-5-10(7-13)16(8)11-6-12(17)15-9(2)14-11/h6,8,10H,3-5,7,13H2,1-2H3,(H,14,15,17). The van der Waals surface area contributed by atoms with Crippen molar-refractivity contribution in [3.63, 3.8) is 0 Å². The minimum Gasteiger partial charge on any atom is -0.349 e. The summed E-state index contributed by atoms with van der Waals surface area (Å²) in [6.45, 7) is 4.58. The summed E-state index contributed by atoms with van der Waals surface area (Å²) >= 11 is 0. The highest BCUT2D eigenvalue weighted by Gasteiger charge is 2.28. The molecule has 1 aromatic rings. The molecule has 0 saturated carbocycles.